The lowest BCUT2D eigenvalue weighted by Gasteiger charge is -2.21. The van der Waals surface area contributed by atoms with Gasteiger partial charge in [-0.25, -0.2) is 4.79 Å². The van der Waals surface area contributed by atoms with Gasteiger partial charge in [0.2, 0.25) is 0 Å². The Kier molecular flexibility index (Phi) is 7.26. The predicted octanol–water partition coefficient (Wildman–Crippen LogP) is 3.56. The van der Waals surface area contributed by atoms with E-state index in [1.165, 1.54) is 24.9 Å². The standard InChI is InChI=1S/C17H23F3N2O3/c1-11(13-5-4-6-14(9-13)17(18,19)20)7-8-21-16(25)22(3)10-12(2)15(23)24/h4-6,9,11-12H,7-8,10H2,1-3H3,(H,21,25)(H,23,24). The fraction of sp³-hybridized carbons (Fsp3) is 0.529. The molecule has 0 saturated heterocycles. The quantitative estimate of drug-likeness (QED) is 0.781. The minimum atomic E-state index is -4.38. The van der Waals surface area contributed by atoms with Crippen molar-refractivity contribution in [2.75, 3.05) is 20.1 Å². The number of alkyl halides is 3. The molecule has 0 fully saturated rings. The first-order valence-corrected chi connectivity index (χ1v) is 7.91. The Morgan fingerprint density at radius 3 is 2.48 bits per heavy atom. The Bertz CT molecular complexity index is 605. The van der Waals surface area contributed by atoms with Gasteiger partial charge in [0.25, 0.3) is 0 Å². The largest absolute Gasteiger partial charge is 0.481 e. The first-order valence-electron chi connectivity index (χ1n) is 7.91. The highest BCUT2D eigenvalue weighted by atomic mass is 19.4. The fourth-order valence-corrected chi connectivity index (χ4v) is 2.29. The molecule has 1 aromatic carbocycles. The van der Waals surface area contributed by atoms with Crippen LogP contribution in [0.1, 0.15) is 37.3 Å². The molecule has 0 aliphatic heterocycles. The van der Waals surface area contributed by atoms with Gasteiger partial charge in [-0.15, -0.1) is 0 Å². The molecule has 2 amide bonds. The van der Waals surface area contributed by atoms with Crippen molar-refractivity contribution >= 4 is 12.0 Å². The summed E-state index contributed by atoms with van der Waals surface area (Å²) in [6.07, 6.45) is -3.91. The number of amides is 2. The Morgan fingerprint density at radius 1 is 1.28 bits per heavy atom. The molecule has 1 aromatic rings. The molecule has 1 rings (SSSR count). The lowest BCUT2D eigenvalue weighted by Crippen LogP contribution is -2.41. The van der Waals surface area contributed by atoms with Crippen LogP contribution in [0.15, 0.2) is 24.3 Å². The van der Waals surface area contributed by atoms with E-state index >= 15 is 0 Å². The monoisotopic (exact) mass is 360 g/mol. The molecule has 0 radical (unpaired) electrons. The van der Waals surface area contributed by atoms with Crippen molar-refractivity contribution in [1.29, 1.82) is 0 Å². The molecule has 2 unspecified atom stereocenters. The molecular formula is C17H23F3N2O3. The average molecular weight is 360 g/mol. The van der Waals surface area contributed by atoms with Gasteiger partial charge >= 0.3 is 18.2 Å². The molecule has 140 valence electrons. The van der Waals surface area contributed by atoms with Crippen molar-refractivity contribution in [3.63, 3.8) is 0 Å². The van der Waals surface area contributed by atoms with E-state index in [0.29, 0.717) is 12.0 Å². The number of benzene rings is 1. The highest BCUT2D eigenvalue weighted by Gasteiger charge is 2.30. The Morgan fingerprint density at radius 2 is 1.92 bits per heavy atom. The molecule has 0 saturated carbocycles. The summed E-state index contributed by atoms with van der Waals surface area (Å²) in [7, 11) is 1.49. The predicted molar refractivity (Wildman–Crippen MR) is 87.3 cm³/mol. The maximum atomic E-state index is 12.7. The van der Waals surface area contributed by atoms with Crippen LogP contribution >= 0.6 is 0 Å². The highest BCUT2D eigenvalue weighted by Crippen LogP contribution is 2.31. The second-order valence-electron chi connectivity index (χ2n) is 6.16. The van der Waals surface area contributed by atoms with Gasteiger partial charge in [0.05, 0.1) is 11.5 Å². The summed E-state index contributed by atoms with van der Waals surface area (Å²) in [5.41, 5.74) is -0.139. The van der Waals surface area contributed by atoms with Crippen LogP contribution in [0.2, 0.25) is 0 Å². The number of carboxylic acid groups (broad SMARTS) is 1. The smallest absolute Gasteiger partial charge is 0.416 e. The molecule has 2 N–H and O–H groups in total. The maximum Gasteiger partial charge on any atom is 0.416 e. The van der Waals surface area contributed by atoms with E-state index in [1.807, 2.05) is 0 Å². The molecule has 0 aromatic heterocycles. The van der Waals surface area contributed by atoms with Crippen molar-refractivity contribution in [2.45, 2.75) is 32.4 Å². The van der Waals surface area contributed by atoms with Gasteiger partial charge in [-0.1, -0.05) is 32.0 Å². The van der Waals surface area contributed by atoms with Crippen LogP contribution in [-0.4, -0.2) is 42.1 Å². The normalized spacial score (nSPS) is 13.8. The van der Waals surface area contributed by atoms with Crippen molar-refractivity contribution in [3.05, 3.63) is 35.4 Å². The zero-order valence-corrected chi connectivity index (χ0v) is 14.4. The van der Waals surface area contributed by atoms with Crippen LogP contribution in [0, 0.1) is 5.92 Å². The first kappa shape index (κ1) is 20.8. The van der Waals surface area contributed by atoms with E-state index in [9.17, 15) is 22.8 Å². The second-order valence-corrected chi connectivity index (χ2v) is 6.16. The number of carboxylic acids is 1. The number of carbonyl (C=O) groups excluding carboxylic acids is 1. The van der Waals surface area contributed by atoms with Crippen molar-refractivity contribution in [2.24, 2.45) is 5.92 Å². The summed E-state index contributed by atoms with van der Waals surface area (Å²) in [6.45, 7) is 3.64. The van der Waals surface area contributed by atoms with E-state index in [2.05, 4.69) is 5.32 Å². The summed E-state index contributed by atoms with van der Waals surface area (Å²) >= 11 is 0. The SMILES string of the molecule is CC(CN(C)C(=O)NCCC(C)c1cccc(C(F)(F)F)c1)C(=O)O. The van der Waals surface area contributed by atoms with Crippen LogP contribution in [0.3, 0.4) is 0 Å². The van der Waals surface area contributed by atoms with Crippen LogP contribution < -0.4 is 5.32 Å². The van der Waals surface area contributed by atoms with Gasteiger partial charge in [0.1, 0.15) is 0 Å². The third kappa shape index (κ3) is 6.64. The van der Waals surface area contributed by atoms with Crippen molar-refractivity contribution in [1.82, 2.24) is 10.2 Å². The van der Waals surface area contributed by atoms with Crippen LogP contribution in [0.25, 0.3) is 0 Å². The second kappa shape index (κ2) is 8.73. The topological polar surface area (TPSA) is 69.6 Å². The third-order valence-electron chi connectivity index (χ3n) is 3.95. The number of aliphatic carboxylic acids is 1. The lowest BCUT2D eigenvalue weighted by atomic mass is 9.96. The summed E-state index contributed by atoms with van der Waals surface area (Å²) in [6, 6.07) is 4.73. The highest BCUT2D eigenvalue weighted by molar-refractivity contribution is 5.75. The molecule has 2 atom stereocenters. The van der Waals surface area contributed by atoms with E-state index in [0.717, 1.165) is 12.1 Å². The van der Waals surface area contributed by atoms with E-state index in [-0.39, 0.29) is 19.0 Å². The molecule has 0 aliphatic carbocycles. The van der Waals surface area contributed by atoms with Gasteiger partial charge in [-0.05, 0) is 24.0 Å². The van der Waals surface area contributed by atoms with E-state index in [4.69, 9.17) is 5.11 Å². The van der Waals surface area contributed by atoms with Gasteiger partial charge in [-0.2, -0.15) is 13.2 Å². The van der Waals surface area contributed by atoms with Crippen LogP contribution in [0.5, 0.6) is 0 Å². The number of nitrogens with zero attached hydrogens (tertiary/aromatic N) is 1. The van der Waals surface area contributed by atoms with Crippen LogP contribution in [0.4, 0.5) is 18.0 Å². The Labute approximate surface area is 144 Å². The van der Waals surface area contributed by atoms with Gasteiger partial charge < -0.3 is 15.3 Å². The minimum Gasteiger partial charge on any atom is -0.481 e. The average Bonchev–Trinajstić information content (AvgIpc) is 2.53. The number of urea groups is 1. The Balaban J connectivity index is 2.50. The van der Waals surface area contributed by atoms with E-state index < -0.39 is 29.7 Å². The lowest BCUT2D eigenvalue weighted by molar-refractivity contribution is -0.141. The summed E-state index contributed by atoms with van der Waals surface area (Å²) in [5.74, 6) is -1.83. The minimum absolute atomic E-state index is 0.0738. The summed E-state index contributed by atoms with van der Waals surface area (Å²) in [5, 5.41) is 11.5. The van der Waals surface area contributed by atoms with Crippen molar-refractivity contribution < 1.29 is 27.9 Å². The first-order chi connectivity index (χ1) is 11.5. The number of hydrogen-bond acceptors (Lipinski definition) is 2. The number of halogens is 3. The van der Waals surface area contributed by atoms with Crippen LogP contribution in [-0.2, 0) is 11.0 Å². The summed E-state index contributed by atoms with van der Waals surface area (Å²) < 4.78 is 38.2. The molecule has 5 nitrogen and oxygen atoms in total. The Hall–Kier alpha value is -2.25. The third-order valence-corrected chi connectivity index (χ3v) is 3.95. The maximum absolute atomic E-state index is 12.7. The van der Waals surface area contributed by atoms with Crippen molar-refractivity contribution in [3.8, 4) is 0 Å². The summed E-state index contributed by atoms with van der Waals surface area (Å²) in [4.78, 5) is 23.9. The molecule has 0 aliphatic rings. The van der Waals surface area contributed by atoms with Gasteiger partial charge in [0, 0.05) is 20.1 Å². The number of nitrogens with one attached hydrogen (secondary N) is 1. The van der Waals surface area contributed by atoms with Gasteiger partial charge in [-0.3, -0.25) is 4.79 Å². The zero-order valence-electron chi connectivity index (χ0n) is 14.4. The number of rotatable bonds is 7. The van der Waals surface area contributed by atoms with E-state index in [1.54, 1.807) is 13.0 Å². The van der Waals surface area contributed by atoms with Gasteiger partial charge in [0.15, 0.2) is 0 Å². The molecule has 0 spiro atoms. The number of hydrogen-bond donors (Lipinski definition) is 2. The number of carbonyl (C=O) groups is 2. The molecular weight excluding hydrogens is 337 g/mol. The molecule has 8 heteroatoms. The molecule has 0 heterocycles. The molecule has 0 bridgehead atoms. The zero-order chi connectivity index (χ0) is 19.2. The molecule has 25 heavy (non-hydrogen) atoms. The fourth-order valence-electron chi connectivity index (χ4n) is 2.29.